The Morgan fingerprint density at radius 2 is 2.29 bits per heavy atom. The summed E-state index contributed by atoms with van der Waals surface area (Å²) in [5.74, 6) is -0.753. The smallest absolute Gasteiger partial charge is 0.319 e. The molecule has 0 unspecified atom stereocenters. The standard InChI is InChI=1S/C12H14FN3O/c1-8-3-4-11(10(13)5-8)16-12(17)15-7-9(2)6-14/h3-5,9H,7H2,1-2H3,(H2,15,16,17)/t9-/m0/s1. The summed E-state index contributed by atoms with van der Waals surface area (Å²) in [6.45, 7) is 3.68. The maximum atomic E-state index is 13.4. The molecule has 0 spiro atoms. The van der Waals surface area contributed by atoms with Crippen molar-refractivity contribution < 1.29 is 9.18 Å². The molecular formula is C12H14FN3O. The molecule has 2 amide bonds. The summed E-state index contributed by atoms with van der Waals surface area (Å²) in [6.07, 6.45) is 0. The van der Waals surface area contributed by atoms with Gasteiger partial charge in [0.2, 0.25) is 0 Å². The molecule has 0 aromatic heterocycles. The monoisotopic (exact) mass is 235 g/mol. The first-order chi connectivity index (χ1) is 8.02. The molecule has 4 nitrogen and oxygen atoms in total. The summed E-state index contributed by atoms with van der Waals surface area (Å²) < 4.78 is 13.4. The van der Waals surface area contributed by atoms with Gasteiger partial charge in [-0.2, -0.15) is 5.26 Å². The van der Waals surface area contributed by atoms with E-state index in [1.807, 2.05) is 6.07 Å². The Kier molecular flexibility index (Phi) is 4.46. The third-order valence-electron chi connectivity index (χ3n) is 2.16. The van der Waals surface area contributed by atoms with Crippen LogP contribution in [0.3, 0.4) is 0 Å². The largest absolute Gasteiger partial charge is 0.337 e. The molecule has 17 heavy (non-hydrogen) atoms. The molecule has 1 aromatic rings. The second-order valence-corrected chi connectivity index (χ2v) is 3.85. The first-order valence-electron chi connectivity index (χ1n) is 5.23. The molecule has 0 aliphatic heterocycles. The second kappa shape index (κ2) is 5.85. The topological polar surface area (TPSA) is 64.9 Å². The van der Waals surface area contributed by atoms with E-state index in [0.717, 1.165) is 5.56 Å². The molecule has 0 aliphatic carbocycles. The van der Waals surface area contributed by atoms with E-state index in [1.54, 1.807) is 19.9 Å². The van der Waals surface area contributed by atoms with E-state index in [1.165, 1.54) is 12.1 Å². The van der Waals surface area contributed by atoms with Crippen LogP contribution in [-0.2, 0) is 0 Å². The molecular weight excluding hydrogens is 221 g/mol. The number of carbonyl (C=O) groups is 1. The lowest BCUT2D eigenvalue weighted by Gasteiger charge is -2.09. The summed E-state index contributed by atoms with van der Waals surface area (Å²) in [6, 6.07) is 6.01. The van der Waals surface area contributed by atoms with Crippen LogP contribution in [0.25, 0.3) is 0 Å². The Morgan fingerprint density at radius 1 is 1.59 bits per heavy atom. The first kappa shape index (κ1) is 13.0. The average Bonchev–Trinajstić information content (AvgIpc) is 2.29. The number of urea groups is 1. The number of aryl methyl sites for hydroxylation is 1. The lowest BCUT2D eigenvalue weighted by atomic mass is 10.2. The van der Waals surface area contributed by atoms with Crippen molar-refractivity contribution in [3.05, 3.63) is 29.6 Å². The van der Waals surface area contributed by atoms with Gasteiger partial charge in [-0.25, -0.2) is 9.18 Å². The SMILES string of the molecule is Cc1ccc(NC(=O)NC[C@@H](C)C#N)c(F)c1. The highest BCUT2D eigenvalue weighted by molar-refractivity contribution is 5.89. The molecule has 0 saturated heterocycles. The highest BCUT2D eigenvalue weighted by atomic mass is 19.1. The van der Waals surface area contributed by atoms with Crippen molar-refractivity contribution in [2.45, 2.75) is 13.8 Å². The Balaban J connectivity index is 2.54. The van der Waals surface area contributed by atoms with Gasteiger partial charge in [0.1, 0.15) is 5.82 Å². The van der Waals surface area contributed by atoms with Crippen LogP contribution in [-0.4, -0.2) is 12.6 Å². The molecule has 0 fully saturated rings. The van der Waals surface area contributed by atoms with Crippen molar-refractivity contribution >= 4 is 11.7 Å². The summed E-state index contributed by atoms with van der Waals surface area (Å²) in [7, 11) is 0. The molecule has 0 aliphatic rings. The van der Waals surface area contributed by atoms with E-state index in [9.17, 15) is 9.18 Å². The summed E-state index contributed by atoms with van der Waals surface area (Å²) in [5, 5.41) is 13.4. The molecule has 0 bridgehead atoms. The molecule has 1 atom stereocenters. The number of carbonyl (C=O) groups excluding carboxylic acids is 1. The van der Waals surface area contributed by atoms with Crippen LogP contribution < -0.4 is 10.6 Å². The summed E-state index contributed by atoms with van der Waals surface area (Å²) in [5.41, 5.74) is 0.907. The normalized spacial score (nSPS) is 11.4. The van der Waals surface area contributed by atoms with Gasteiger partial charge in [0, 0.05) is 6.54 Å². The molecule has 1 aromatic carbocycles. The van der Waals surface area contributed by atoms with E-state index in [-0.39, 0.29) is 18.2 Å². The van der Waals surface area contributed by atoms with Crippen molar-refractivity contribution in [2.75, 3.05) is 11.9 Å². The summed E-state index contributed by atoms with van der Waals surface area (Å²) in [4.78, 5) is 11.4. The fourth-order valence-corrected chi connectivity index (χ4v) is 1.18. The van der Waals surface area contributed by atoms with Crippen LogP contribution in [0.2, 0.25) is 0 Å². The number of nitrogens with one attached hydrogen (secondary N) is 2. The first-order valence-corrected chi connectivity index (χ1v) is 5.23. The fourth-order valence-electron chi connectivity index (χ4n) is 1.18. The minimum absolute atomic E-state index is 0.123. The number of nitrogens with zero attached hydrogens (tertiary/aromatic N) is 1. The third-order valence-corrected chi connectivity index (χ3v) is 2.16. The number of anilines is 1. The second-order valence-electron chi connectivity index (χ2n) is 3.85. The zero-order chi connectivity index (χ0) is 12.8. The van der Waals surface area contributed by atoms with E-state index < -0.39 is 11.8 Å². The highest BCUT2D eigenvalue weighted by Gasteiger charge is 2.07. The lowest BCUT2D eigenvalue weighted by Crippen LogP contribution is -2.32. The number of rotatable bonds is 3. The van der Waals surface area contributed by atoms with Crippen molar-refractivity contribution in [1.29, 1.82) is 5.26 Å². The highest BCUT2D eigenvalue weighted by Crippen LogP contribution is 2.14. The minimum atomic E-state index is -0.519. The van der Waals surface area contributed by atoms with Gasteiger partial charge >= 0.3 is 6.03 Å². The molecule has 2 N–H and O–H groups in total. The third kappa shape index (κ3) is 4.11. The molecule has 0 heterocycles. The van der Waals surface area contributed by atoms with Crippen LogP contribution in [0, 0.1) is 30.0 Å². The summed E-state index contributed by atoms with van der Waals surface area (Å²) >= 11 is 0. The van der Waals surface area contributed by atoms with Gasteiger partial charge < -0.3 is 10.6 Å². The van der Waals surface area contributed by atoms with Gasteiger partial charge in [-0.1, -0.05) is 6.07 Å². The van der Waals surface area contributed by atoms with Crippen LogP contribution in [0.1, 0.15) is 12.5 Å². The van der Waals surface area contributed by atoms with Gasteiger partial charge in [-0.05, 0) is 31.5 Å². The Hall–Kier alpha value is -2.09. The molecule has 0 saturated carbocycles. The Labute approximate surface area is 99.4 Å². The molecule has 1 rings (SSSR count). The Bertz CT molecular complexity index is 454. The van der Waals surface area contributed by atoms with Crippen molar-refractivity contribution in [3.8, 4) is 6.07 Å². The van der Waals surface area contributed by atoms with Crippen LogP contribution in [0.15, 0.2) is 18.2 Å². The van der Waals surface area contributed by atoms with E-state index in [0.29, 0.717) is 0 Å². The molecule has 0 radical (unpaired) electrons. The van der Waals surface area contributed by atoms with Crippen LogP contribution in [0.4, 0.5) is 14.9 Å². The number of hydrogen-bond donors (Lipinski definition) is 2. The van der Waals surface area contributed by atoms with E-state index in [2.05, 4.69) is 10.6 Å². The lowest BCUT2D eigenvalue weighted by molar-refractivity contribution is 0.251. The number of halogens is 1. The predicted molar refractivity (Wildman–Crippen MR) is 62.9 cm³/mol. The van der Waals surface area contributed by atoms with Crippen molar-refractivity contribution in [1.82, 2.24) is 5.32 Å². The zero-order valence-electron chi connectivity index (χ0n) is 9.75. The van der Waals surface area contributed by atoms with Gasteiger partial charge in [-0.15, -0.1) is 0 Å². The maximum Gasteiger partial charge on any atom is 0.319 e. The maximum absolute atomic E-state index is 13.4. The van der Waals surface area contributed by atoms with E-state index in [4.69, 9.17) is 5.26 Å². The fraction of sp³-hybridized carbons (Fsp3) is 0.333. The van der Waals surface area contributed by atoms with Gasteiger partial charge in [0.05, 0.1) is 17.7 Å². The predicted octanol–water partition coefficient (Wildman–Crippen LogP) is 2.42. The van der Waals surface area contributed by atoms with Crippen LogP contribution in [0.5, 0.6) is 0 Å². The van der Waals surface area contributed by atoms with Crippen LogP contribution >= 0.6 is 0 Å². The van der Waals surface area contributed by atoms with Gasteiger partial charge in [0.15, 0.2) is 0 Å². The zero-order valence-corrected chi connectivity index (χ0v) is 9.75. The van der Waals surface area contributed by atoms with Crippen molar-refractivity contribution in [2.24, 2.45) is 5.92 Å². The van der Waals surface area contributed by atoms with Gasteiger partial charge in [-0.3, -0.25) is 0 Å². The number of amides is 2. The molecule has 5 heteroatoms. The molecule has 90 valence electrons. The minimum Gasteiger partial charge on any atom is -0.337 e. The van der Waals surface area contributed by atoms with E-state index >= 15 is 0 Å². The Morgan fingerprint density at radius 3 is 2.88 bits per heavy atom. The number of hydrogen-bond acceptors (Lipinski definition) is 2. The quantitative estimate of drug-likeness (QED) is 0.845. The number of benzene rings is 1. The van der Waals surface area contributed by atoms with Crippen molar-refractivity contribution in [3.63, 3.8) is 0 Å². The average molecular weight is 235 g/mol. The van der Waals surface area contributed by atoms with Gasteiger partial charge in [0.25, 0.3) is 0 Å². The number of nitriles is 1.